The number of carbonyl (C=O) groups excluding carboxylic acids is 2. The number of hydrogen-bond acceptors (Lipinski definition) is 4. The van der Waals surface area contributed by atoms with E-state index in [-0.39, 0.29) is 23.3 Å². The molecule has 0 aromatic heterocycles. The topological polar surface area (TPSA) is 86.8 Å². The van der Waals surface area contributed by atoms with E-state index in [1.54, 1.807) is 37.3 Å². The van der Waals surface area contributed by atoms with Gasteiger partial charge in [0.15, 0.2) is 0 Å². The molecule has 0 spiro atoms. The van der Waals surface area contributed by atoms with E-state index in [9.17, 15) is 18.0 Å². The molecule has 40 heavy (non-hydrogen) atoms. The molecule has 0 saturated heterocycles. The molecule has 8 heteroatoms. The molecule has 0 radical (unpaired) electrons. The minimum atomic E-state index is -4.07. The Labute approximate surface area is 239 Å². The van der Waals surface area contributed by atoms with Gasteiger partial charge in [0.1, 0.15) is 12.6 Å². The molecule has 2 amide bonds. The lowest BCUT2D eigenvalue weighted by molar-refractivity contribution is -0.139. The lowest BCUT2D eigenvalue weighted by Crippen LogP contribution is -2.55. The van der Waals surface area contributed by atoms with Gasteiger partial charge in [-0.1, -0.05) is 74.5 Å². The third kappa shape index (κ3) is 8.18. The number of amides is 2. The molecule has 0 aliphatic heterocycles. The number of carbonyl (C=O) groups is 2. The lowest BCUT2D eigenvalue weighted by atomic mass is 10.0. The zero-order valence-corrected chi connectivity index (χ0v) is 25.1. The predicted molar refractivity (Wildman–Crippen MR) is 161 cm³/mol. The number of rotatable bonds is 11. The highest BCUT2D eigenvalue weighted by Crippen LogP contribution is 2.26. The molecule has 0 heterocycles. The number of anilines is 1. The van der Waals surface area contributed by atoms with Crippen LogP contribution in [0, 0.1) is 0 Å². The Kier molecular flexibility index (Phi) is 10.1. The van der Waals surface area contributed by atoms with Gasteiger partial charge in [-0.2, -0.15) is 0 Å². The summed E-state index contributed by atoms with van der Waals surface area (Å²) >= 11 is 0. The molecule has 1 N–H and O–H groups in total. The second-order valence-corrected chi connectivity index (χ2v) is 13.2. The minimum absolute atomic E-state index is 0.0881. The van der Waals surface area contributed by atoms with Crippen LogP contribution in [0.2, 0.25) is 0 Å². The SMILES string of the molecule is CC(C)c1ccc(N(CC(=O)N(CCc2ccccc2)[C@H](C)C(=O)NC(C)(C)C)S(=O)(=O)c2ccccc2)cc1. The molecule has 0 aliphatic carbocycles. The summed E-state index contributed by atoms with van der Waals surface area (Å²) in [5.74, 6) is -0.488. The van der Waals surface area contributed by atoms with Crippen molar-refractivity contribution >= 4 is 27.5 Å². The van der Waals surface area contributed by atoms with Gasteiger partial charge in [0.2, 0.25) is 11.8 Å². The average molecular weight is 564 g/mol. The van der Waals surface area contributed by atoms with Crippen molar-refractivity contribution in [3.63, 3.8) is 0 Å². The van der Waals surface area contributed by atoms with Crippen LogP contribution >= 0.6 is 0 Å². The van der Waals surface area contributed by atoms with Crippen LogP contribution in [-0.2, 0) is 26.0 Å². The minimum Gasteiger partial charge on any atom is -0.350 e. The zero-order valence-electron chi connectivity index (χ0n) is 24.3. The summed E-state index contributed by atoms with van der Waals surface area (Å²) in [6.45, 7) is 11.2. The largest absolute Gasteiger partial charge is 0.350 e. The molecule has 3 aromatic rings. The Bertz CT molecular complexity index is 1370. The molecule has 0 unspecified atom stereocenters. The number of hydrogen-bond donors (Lipinski definition) is 1. The van der Waals surface area contributed by atoms with Crippen molar-refractivity contribution in [2.45, 2.75) is 70.4 Å². The average Bonchev–Trinajstić information content (AvgIpc) is 2.91. The molecule has 0 saturated carbocycles. The highest BCUT2D eigenvalue weighted by atomic mass is 32.2. The predicted octanol–water partition coefficient (Wildman–Crippen LogP) is 5.38. The molecule has 3 aromatic carbocycles. The van der Waals surface area contributed by atoms with Gasteiger partial charge in [0.25, 0.3) is 10.0 Å². The first-order valence-electron chi connectivity index (χ1n) is 13.6. The quantitative estimate of drug-likeness (QED) is 0.339. The summed E-state index contributed by atoms with van der Waals surface area (Å²) in [6, 6.07) is 24.2. The maximum Gasteiger partial charge on any atom is 0.264 e. The molecule has 0 bridgehead atoms. The molecule has 214 valence electrons. The molecule has 0 aliphatic rings. The summed E-state index contributed by atoms with van der Waals surface area (Å²) in [4.78, 5) is 28.7. The van der Waals surface area contributed by atoms with E-state index in [1.165, 1.54) is 17.0 Å². The summed E-state index contributed by atoms with van der Waals surface area (Å²) in [6.07, 6.45) is 0.522. The third-order valence-corrected chi connectivity index (χ3v) is 8.40. The fraction of sp³-hybridized carbons (Fsp3) is 0.375. The Morgan fingerprint density at radius 1 is 0.825 bits per heavy atom. The second-order valence-electron chi connectivity index (χ2n) is 11.3. The normalized spacial score (nSPS) is 12.6. The van der Waals surface area contributed by atoms with Gasteiger partial charge in [-0.15, -0.1) is 0 Å². The van der Waals surface area contributed by atoms with Crippen molar-refractivity contribution in [1.82, 2.24) is 10.2 Å². The third-order valence-electron chi connectivity index (χ3n) is 6.61. The molecular formula is C32H41N3O4S. The lowest BCUT2D eigenvalue weighted by Gasteiger charge is -2.33. The van der Waals surface area contributed by atoms with Crippen LogP contribution in [-0.4, -0.2) is 49.8 Å². The second kappa shape index (κ2) is 13.1. The molecular weight excluding hydrogens is 522 g/mol. The van der Waals surface area contributed by atoms with Crippen LogP contribution in [0.25, 0.3) is 0 Å². The van der Waals surface area contributed by atoms with Crippen molar-refractivity contribution in [2.75, 3.05) is 17.4 Å². The van der Waals surface area contributed by atoms with Gasteiger partial charge in [-0.3, -0.25) is 13.9 Å². The van der Waals surface area contributed by atoms with Gasteiger partial charge in [-0.05, 0) is 75.4 Å². The van der Waals surface area contributed by atoms with Crippen LogP contribution in [0.1, 0.15) is 58.6 Å². The van der Waals surface area contributed by atoms with Crippen molar-refractivity contribution in [3.05, 3.63) is 96.1 Å². The van der Waals surface area contributed by atoms with E-state index >= 15 is 0 Å². The standard InChI is InChI=1S/C32H41N3O4S/c1-24(2)27-17-19-28(20-18-27)35(40(38,39)29-15-11-8-12-16-29)23-30(36)34(22-21-26-13-9-7-10-14-26)25(3)31(37)33-32(4,5)6/h7-20,24-25H,21-23H2,1-6H3,(H,33,37)/t25-/m1/s1. The first kappa shape index (κ1) is 30.9. The Hall–Kier alpha value is -3.65. The summed E-state index contributed by atoms with van der Waals surface area (Å²) in [5.41, 5.74) is 1.97. The molecule has 0 fully saturated rings. The monoisotopic (exact) mass is 563 g/mol. The van der Waals surface area contributed by atoms with E-state index in [1.807, 2.05) is 63.2 Å². The van der Waals surface area contributed by atoms with Crippen LogP contribution in [0.3, 0.4) is 0 Å². The van der Waals surface area contributed by atoms with Crippen LogP contribution in [0.5, 0.6) is 0 Å². The summed E-state index contributed by atoms with van der Waals surface area (Å²) in [5, 5.41) is 2.95. The molecule has 7 nitrogen and oxygen atoms in total. The summed E-state index contributed by atoms with van der Waals surface area (Å²) in [7, 11) is -4.07. The maximum absolute atomic E-state index is 14.0. The van der Waals surface area contributed by atoms with E-state index < -0.39 is 34.1 Å². The van der Waals surface area contributed by atoms with E-state index in [0.717, 1.165) is 15.4 Å². The Balaban J connectivity index is 1.99. The van der Waals surface area contributed by atoms with Gasteiger partial charge in [0, 0.05) is 12.1 Å². The fourth-order valence-electron chi connectivity index (χ4n) is 4.32. The number of nitrogens with zero attached hydrogens (tertiary/aromatic N) is 2. The fourth-order valence-corrected chi connectivity index (χ4v) is 5.75. The van der Waals surface area contributed by atoms with Gasteiger partial charge < -0.3 is 10.2 Å². The highest BCUT2D eigenvalue weighted by molar-refractivity contribution is 7.92. The Morgan fingerprint density at radius 2 is 1.38 bits per heavy atom. The maximum atomic E-state index is 14.0. The van der Waals surface area contributed by atoms with Crippen molar-refractivity contribution in [3.8, 4) is 0 Å². The van der Waals surface area contributed by atoms with Gasteiger partial charge >= 0.3 is 0 Å². The number of sulfonamides is 1. The Morgan fingerprint density at radius 3 is 1.90 bits per heavy atom. The van der Waals surface area contributed by atoms with Crippen molar-refractivity contribution < 1.29 is 18.0 Å². The van der Waals surface area contributed by atoms with E-state index in [0.29, 0.717) is 12.1 Å². The van der Waals surface area contributed by atoms with Crippen LogP contribution < -0.4 is 9.62 Å². The smallest absolute Gasteiger partial charge is 0.264 e. The summed E-state index contributed by atoms with van der Waals surface area (Å²) < 4.78 is 28.9. The number of nitrogens with one attached hydrogen (secondary N) is 1. The zero-order chi connectivity index (χ0) is 29.5. The van der Waals surface area contributed by atoms with Crippen molar-refractivity contribution in [2.24, 2.45) is 0 Å². The van der Waals surface area contributed by atoms with Gasteiger partial charge in [0.05, 0.1) is 10.6 Å². The van der Waals surface area contributed by atoms with E-state index in [4.69, 9.17) is 0 Å². The molecule has 3 rings (SSSR count). The van der Waals surface area contributed by atoms with E-state index in [2.05, 4.69) is 19.2 Å². The highest BCUT2D eigenvalue weighted by Gasteiger charge is 2.33. The van der Waals surface area contributed by atoms with Crippen molar-refractivity contribution in [1.29, 1.82) is 0 Å². The van der Waals surface area contributed by atoms with Crippen LogP contribution in [0.15, 0.2) is 89.8 Å². The van der Waals surface area contributed by atoms with Crippen LogP contribution in [0.4, 0.5) is 5.69 Å². The first-order chi connectivity index (χ1) is 18.8. The van der Waals surface area contributed by atoms with Gasteiger partial charge in [-0.25, -0.2) is 8.42 Å². The first-order valence-corrected chi connectivity index (χ1v) is 15.1. The number of benzene rings is 3. The molecule has 1 atom stereocenters.